The van der Waals surface area contributed by atoms with E-state index < -0.39 is 0 Å². The fourth-order valence-electron chi connectivity index (χ4n) is 2.40. The Kier molecular flexibility index (Phi) is 4.10. The van der Waals surface area contributed by atoms with Gasteiger partial charge in [0.2, 0.25) is 0 Å². The zero-order valence-corrected chi connectivity index (χ0v) is 12.3. The number of hydrogen-bond donors (Lipinski definition) is 0. The third-order valence-corrected chi connectivity index (χ3v) is 3.82. The predicted octanol–water partition coefficient (Wildman–Crippen LogP) is 3.63. The van der Waals surface area contributed by atoms with Crippen molar-refractivity contribution < 1.29 is 4.74 Å². The Morgan fingerprint density at radius 1 is 1.29 bits per heavy atom. The molecule has 1 aliphatic heterocycles. The Bertz CT molecular complexity index is 384. The SMILES string of the molecule is CCc1ccc(N2C[C@@H](C)O[C@@H](C)C2)c(Br)c1. The number of nitrogens with zero attached hydrogens (tertiary/aromatic N) is 1. The van der Waals surface area contributed by atoms with Gasteiger partial charge >= 0.3 is 0 Å². The lowest BCUT2D eigenvalue weighted by atomic mass is 10.1. The molecule has 0 aliphatic carbocycles. The van der Waals surface area contributed by atoms with Gasteiger partial charge in [0.15, 0.2) is 0 Å². The lowest BCUT2D eigenvalue weighted by Crippen LogP contribution is -2.45. The lowest BCUT2D eigenvalue weighted by Gasteiger charge is -2.37. The maximum atomic E-state index is 5.77. The standard InChI is InChI=1S/C14H20BrNO/c1-4-12-5-6-14(13(15)7-12)16-8-10(2)17-11(3)9-16/h5-7,10-11H,4,8-9H2,1-3H3/t10-,11+. The summed E-state index contributed by atoms with van der Waals surface area (Å²) < 4.78 is 6.96. The van der Waals surface area contributed by atoms with Gasteiger partial charge in [-0.15, -0.1) is 0 Å². The number of halogens is 1. The van der Waals surface area contributed by atoms with Gasteiger partial charge in [0.25, 0.3) is 0 Å². The number of ether oxygens (including phenoxy) is 1. The molecule has 1 saturated heterocycles. The van der Waals surface area contributed by atoms with Crippen LogP contribution in [-0.2, 0) is 11.2 Å². The Morgan fingerprint density at radius 3 is 2.47 bits per heavy atom. The van der Waals surface area contributed by atoms with Crippen LogP contribution in [-0.4, -0.2) is 25.3 Å². The maximum absolute atomic E-state index is 5.77. The van der Waals surface area contributed by atoms with Crippen molar-refractivity contribution >= 4 is 21.6 Å². The highest BCUT2D eigenvalue weighted by atomic mass is 79.9. The first-order chi connectivity index (χ1) is 8.10. The van der Waals surface area contributed by atoms with Gasteiger partial charge in [-0.25, -0.2) is 0 Å². The third kappa shape index (κ3) is 3.02. The predicted molar refractivity (Wildman–Crippen MR) is 75.7 cm³/mol. The van der Waals surface area contributed by atoms with Crippen LogP contribution < -0.4 is 4.90 Å². The lowest BCUT2D eigenvalue weighted by molar-refractivity contribution is -0.00525. The zero-order valence-electron chi connectivity index (χ0n) is 10.7. The molecule has 1 heterocycles. The summed E-state index contributed by atoms with van der Waals surface area (Å²) in [6, 6.07) is 6.65. The zero-order chi connectivity index (χ0) is 12.4. The fraction of sp³-hybridized carbons (Fsp3) is 0.571. The van der Waals surface area contributed by atoms with Gasteiger partial charge in [0, 0.05) is 17.6 Å². The molecule has 1 fully saturated rings. The van der Waals surface area contributed by atoms with Crippen molar-refractivity contribution in [3.05, 3.63) is 28.2 Å². The van der Waals surface area contributed by atoms with E-state index in [1.807, 2.05) is 0 Å². The number of rotatable bonds is 2. The average molecular weight is 298 g/mol. The monoisotopic (exact) mass is 297 g/mol. The molecule has 0 radical (unpaired) electrons. The fourth-order valence-corrected chi connectivity index (χ4v) is 3.08. The molecule has 17 heavy (non-hydrogen) atoms. The van der Waals surface area contributed by atoms with Gasteiger partial charge in [-0.05, 0) is 53.9 Å². The van der Waals surface area contributed by atoms with E-state index in [9.17, 15) is 0 Å². The second-order valence-corrected chi connectivity index (χ2v) is 5.66. The first-order valence-electron chi connectivity index (χ1n) is 6.29. The second kappa shape index (κ2) is 5.40. The van der Waals surface area contributed by atoms with Gasteiger partial charge < -0.3 is 9.64 Å². The number of morpholine rings is 1. The van der Waals surface area contributed by atoms with Crippen LogP contribution in [0.15, 0.2) is 22.7 Å². The van der Waals surface area contributed by atoms with E-state index in [-0.39, 0.29) is 0 Å². The molecule has 2 atom stereocenters. The number of benzene rings is 1. The molecule has 1 aliphatic rings. The molecule has 0 spiro atoms. The summed E-state index contributed by atoms with van der Waals surface area (Å²) in [7, 11) is 0. The topological polar surface area (TPSA) is 12.5 Å². The summed E-state index contributed by atoms with van der Waals surface area (Å²) in [5, 5.41) is 0. The third-order valence-electron chi connectivity index (χ3n) is 3.18. The minimum atomic E-state index is 0.302. The van der Waals surface area contributed by atoms with Crippen LogP contribution >= 0.6 is 15.9 Å². The number of hydrogen-bond acceptors (Lipinski definition) is 2. The highest BCUT2D eigenvalue weighted by Crippen LogP contribution is 2.29. The summed E-state index contributed by atoms with van der Waals surface area (Å²) in [6.07, 6.45) is 1.68. The van der Waals surface area contributed by atoms with Gasteiger partial charge in [-0.2, -0.15) is 0 Å². The molecule has 94 valence electrons. The van der Waals surface area contributed by atoms with E-state index in [1.54, 1.807) is 0 Å². The molecule has 0 unspecified atom stereocenters. The highest BCUT2D eigenvalue weighted by Gasteiger charge is 2.23. The summed E-state index contributed by atoms with van der Waals surface area (Å²) in [4.78, 5) is 2.41. The number of aryl methyl sites for hydroxylation is 1. The molecule has 0 bridgehead atoms. The largest absolute Gasteiger partial charge is 0.372 e. The summed E-state index contributed by atoms with van der Waals surface area (Å²) in [5.41, 5.74) is 2.65. The molecule has 0 aromatic heterocycles. The van der Waals surface area contributed by atoms with Crippen LogP contribution in [0.25, 0.3) is 0 Å². The molecule has 1 aromatic carbocycles. The summed E-state index contributed by atoms with van der Waals surface area (Å²) >= 11 is 3.68. The van der Waals surface area contributed by atoms with Gasteiger partial charge in [0.1, 0.15) is 0 Å². The van der Waals surface area contributed by atoms with Crippen LogP contribution in [0, 0.1) is 0 Å². The van der Waals surface area contributed by atoms with Crippen molar-refractivity contribution in [2.24, 2.45) is 0 Å². The molecule has 0 saturated carbocycles. The Morgan fingerprint density at radius 2 is 1.94 bits per heavy atom. The van der Waals surface area contributed by atoms with Crippen LogP contribution in [0.5, 0.6) is 0 Å². The van der Waals surface area contributed by atoms with Crippen molar-refractivity contribution in [1.82, 2.24) is 0 Å². The molecule has 0 amide bonds. The minimum Gasteiger partial charge on any atom is -0.372 e. The first-order valence-corrected chi connectivity index (χ1v) is 7.08. The van der Waals surface area contributed by atoms with Gasteiger partial charge in [0.05, 0.1) is 17.9 Å². The van der Waals surface area contributed by atoms with Crippen LogP contribution in [0.1, 0.15) is 26.3 Å². The van der Waals surface area contributed by atoms with Crippen molar-refractivity contribution in [3.8, 4) is 0 Å². The van der Waals surface area contributed by atoms with E-state index in [1.165, 1.54) is 15.7 Å². The molecular weight excluding hydrogens is 278 g/mol. The Balaban J connectivity index is 2.21. The van der Waals surface area contributed by atoms with Gasteiger partial charge in [-0.1, -0.05) is 13.0 Å². The molecule has 2 nitrogen and oxygen atoms in total. The molecule has 1 aromatic rings. The van der Waals surface area contributed by atoms with Crippen molar-refractivity contribution in [2.45, 2.75) is 39.4 Å². The second-order valence-electron chi connectivity index (χ2n) is 4.80. The van der Waals surface area contributed by atoms with Crippen molar-refractivity contribution in [2.75, 3.05) is 18.0 Å². The highest BCUT2D eigenvalue weighted by molar-refractivity contribution is 9.10. The van der Waals surface area contributed by atoms with Crippen molar-refractivity contribution in [3.63, 3.8) is 0 Å². The van der Waals surface area contributed by atoms with Crippen LogP contribution in [0.3, 0.4) is 0 Å². The minimum absolute atomic E-state index is 0.302. The summed E-state index contributed by atoms with van der Waals surface area (Å²) in [6.45, 7) is 8.39. The molecule has 0 N–H and O–H groups in total. The molecule has 3 heteroatoms. The van der Waals surface area contributed by atoms with E-state index in [0.29, 0.717) is 12.2 Å². The van der Waals surface area contributed by atoms with Gasteiger partial charge in [-0.3, -0.25) is 0 Å². The Hall–Kier alpha value is -0.540. The first kappa shape index (κ1) is 12.9. The van der Waals surface area contributed by atoms with E-state index in [0.717, 1.165) is 19.5 Å². The smallest absolute Gasteiger partial charge is 0.0726 e. The summed E-state index contributed by atoms with van der Waals surface area (Å²) in [5.74, 6) is 0. The van der Waals surface area contributed by atoms with E-state index in [2.05, 4.69) is 59.8 Å². The van der Waals surface area contributed by atoms with Crippen molar-refractivity contribution in [1.29, 1.82) is 0 Å². The maximum Gasteiger partial charge on any atom is 0.0726 e. The quantitative estimate of drug-likeness (QED) is 0.827. The molecule has 2 rings (SSSR count). The van der Waals surface area contributed by atoms with Crippen LogP contribution in [0.2, 0.25) is 0 Å². The van der Waals surface area contributed by atoms with Crippen LogP contribution in [0.4, 0.5) is 5.69 Å². The Labute approximate surface area is 112 Å². The van der Waals surface area contributed by atoms with E-state index in [4.69, 9.17) is 4.74 Å². The normalized spacial score (nSPS) is 25.1. The average Bonchev–Trinajstić information content (AvgIpc) is 2.27. The molecular formula is C14H20BrNO. The van der Waals surface area contributed by atoms with E-state index >= 15 is 0 Å². The number of anilines is 1.